The van der Waals surface area contributed by atoms with Crippen LogP contribution in [0.5, 0.6) is 5.75 Å². The summed E-state index contributed by atoms with van der Waals surface area (Å²) in [5.74, 6) is 0.893. The first-order valence-electron chi connectivity index (χ1n) is 5.34. The van der Waals surface area contributed by atoms with Gasteiger partial charge in [0.1, 0.15) is 12.4 Å². The molecule has 0 aromatic heterocycles. The SMILES string of the molecule is C=C(Cl)CNC(C)COc1ccc(C)cc1. The van der Waals surface area contributed by atoms with Crippen molar-refractivity contribution in [2.24, 2.45) is 0 Å². The molecule has 1 rings (SSSR count). The number of ether oxygens (including phenoxy) is 1. The summed E-state index contributed by atoms with van der Waals surface area (Å²) in [7, 11) is 0. The molecule has 3 heteroatoms. The topological polar surface area (TPSA) is 21.3 Å². The third-order valence-corrected chi connectivity index (χ3v) is 2.30. The minimum atomic E-state index is 0.247. The van der Waals surface area contributed by atoms with Crippen molar-refractivity contribution in [2.75, 3.05) is 13.2 Å². The smallest absolute Gasteiger partial charge is 0.119 e. The fraction of sp³-hybridized carbons (Fsp3) is 0.385. The van der Waals surface area contributed by atoms with E-state index < -0.39 is 0 Å². The van der Waals surface area contributed by atoms with Gasteiger partial charge in [-0.25, -0.2) is 0 Å². The molecule has 88 valence electrons. The molecule has 2 nitrogen and oxygen atoms in total. The number of hydrogen-bond acceptors (Lipinski definition) is 2. The molecule has 0 aliphatic carbocycles. The molecule has 0 heterocycles. The lowest BCUT2D eigenvalue weighted by Crippen LogP contribution is -2.32. The summed E-state index contributed by atoms with van der Waals surface area (Å²) in [5.41, 5.74) is 1.23. The van der Waals surface area contributed by atoms with Crippen molar-refractivity contribution < 1.29 is 4.74 Å². The van der Waals surface area contributed by atoms with Crippen LogP contribution in [0.1, 0.15) is 12.5 Å². The lowest BCUT2D eigenvalue weighted by atomic mass is 10.2. The monoisotopic (exact) mass is 239 g/mol. The van der Waals surface area contributed by atoms with E-state index >= 15 is 0 Å². The number of hydrogen-bond donors (Lipinski definition) is 1. The molecule has 0 spiro atoms. The molecule has 1 aromatic carbocycles. The zero-order valence-corrected chi connectivity index (χ0v) is 10.6. The van der Waals surface area contributed by atoms with Gasteiger partial charge in [0.2, 0.25) is 0 Å². The van der Waals surface area contributed by atoms with E-state index in [-0.39, 0.29) is 6.04 Å². The van der Waals surface area contributed by atoms with Gasteiger partial charge in [-0.05, 0) is 26.0 Å². The van der Waals surface area contributed by atoms with Crippen molar-refractivity contribution in [3.05, 3.63) is 41.4 Å². The normalized spacial score (nSPS) is 12.2. The van der Waals surface area contributed by atoms with Crippen molar-refractivity contribution in [1.82, 2.24) is 5.32 Å². The molecule has 0 aliphatic heterocycles. The minimum Gasteiger partial charge on any atom is -0.492 e. The largest absolute Gasteiger partial charge is 0.492 e. The average molecular weight is 240 g/mol. The van der Waals surface area contributed by atoms with Crippen LogP contribution in [-0.2, 0) is 0 Å². The second kappa shape index (κ2) is 6.56. The van der Waals surface area contributed by atoms with Crippen LogP contribution in [0.25, 0.3) is 0 Å². The first kappa shape index (κ1) is 13.1. The summed E-state index contributed by atoms with van der Waals surface area (Å²) in [6.07, 6.45) is 0. The highest BCUT2D eigenvalue weighted by Gasteiger charge is 2.02. The van der Waals surface area contributed by atoms with Crippen molar-refractivity contribution in [2.45, 2.75) is 19.9 Å². The van der Waals surface area contributed by atoms with Gasteiger partial charge in [0.25, 0.3) is 0 Å². The van der Waals surface area contributed by atoms with Crippen molar-refractivity contribution in [1.29, 1.82) is 0 Å². The minimum absolute atomic E-state index is 0.247. The van der Waals surface area contributed by atoms with Crippen LogP contribution in [0, 0.1) is 6.92 Å². The molecule has 0 bridgehead atoms. The van der Waals surface area contributed by atoms with E-state index in [2.05, 4.69) is 18.8 Å². The van der Waals surface area contributed by atoms with Crippen molar-refractivity contribution in [3.8, 4) is 5.75 Å². The van der Waals surface area contributed by atoms with Crippen molar-refractivity contribution >= 4 is 11.6 Å². The first-order chi connectivity index (χ1) is 7.58. The quantitative estimate of drug-likeness (QED) is 0.824. The number of aryl methyl sites for hydroxylation is 1. The van der Waals surface area contributed by atoms with E-state index in [1.807, 2.05) is 31.2 Å². The van der Waals surface area contributed by atoms with Crippen LogP contribution in [0.15, 0.2) is 35.9 Å². The van der Waals surface area contributed by atoms with Gasteiger partial charge < -0.3 is 10.1 Å². The number of rotatable bonds is 6. The molecule has 0 saturated heterocycles. The Kier molecular flexibility index (Phi) is 5.36. The molecule has 1 N–H and O–H groups in total. The summed E-state index contributed by atoms with van der Waals surface area (Å²) in [5, 5.41) is 3.82. The lowest BCUT2D eigenvalue weighted by molar-refractivity contribution is 0.276. The Balaban J connectivity index is 2.28. The predicted molar refractivity (Wildman–Crippen MR) is 69.1 cm³/mol. The standard InChI is InChI=1S/C13H18ClNO/c1-10-4-6-13(7-5-10)16-9-12(3)15-8-11(2)14/h4-7,12,15H,2,8-9H2,1,3H3. The molecule has 0 aliphatic rings. The maximum absolute atomic E-state index is 5.66. The van der Waals surface area contributed by atoms with Crippen LogP contribution in [0.4, 0.5) is 0 Å². The molecule has 0 radical (unpaired) electrons. The Morgan fingerprint density at radius 2 is 2.06 bits per heavy atom. The Bertz CT molecular complexity index is 334. The Morgan fingerprint density at radius 3 is 2.62 bits per heavy atom. The lowest BCUT2D eigenvalue weighted by Gasteiger charge is -2.14. The fourth-order valence-corrected chi connectivity index (χ4v) is 1.28. The molecule has 16 heavy (non-hydrogen) atoms. The highest BCUT2D eigenvalue weighted by molar-refractivity contribution is 6.29. The van der Waals surface area contributed by atoms with Crippen LogP contribution in [0.3, 0.4) is 0 Å². The summed E-state index contributed by atoms with van der Waals surface area (Å²) < 4.78 is 5.62. The molecule has 1 unspecified atom stereocenters. The fourth-order valence-electron chi connectivity index (χ4n) is 1.20. The number of nitrogens with one attached hydrogen (secondary N) is 1. The molecular weight excluding hydrogens is 222 g/mol. The van der Waals surface area contributed by atoms with Gasteiger partial charge in [-0.3, -0.25) is 0 Å². The third kappa shape index (κ3) is 5.19. The molecule has 0 saturated carbocycles. The zero-order valence-electron chi connectivity index (χ0n) is 9.79. The van der Waals surface area contributed by atoms with Crippen LogP contribution in [-0.4, -0.2) is 19.2 Å². The van der Waals surface area contributed by atoms with E-state index in [4.69, 9.17) is 16.3 Å². The zero-order chi connectivity index (χ0) is 12.0. The Hall–Kier alpha value is -0.990. The van der Waals surface area contributed by atoms with Gasteiger partial charge in [0.05, 0.1) is 0 Å². The van der Waals surface area contributed by atoms with E-state index in [0.717, 1.165) is 5.75 Å². The second-order valence-corrected chi connectivity index (χ2v) is 4.46. The van der Waals surface area contributed by atoms with Gasteiger partial charge in [0, 0.05) is 17.6 Å². The maximum atomic E-state index is 5.66. The number of benzene rings is 1. The number of halogens is 1. The Labute approximate surface area is 102 Å². The molecule has 1 atom stereocenters. The summed E-state index contributed by atoms with van der Waals surface area (Å²) in [4.78, 5) is 0. The van der Waals surface area contributed by atoms with Gasteiger partial charge in [-0.2, -0.15) is 0 Å². The van der Waals surface area contributed by atoms with Crippen LogP contribution < -0.4 is 10.1 Å². The molecule has 0 fully saturated rings. The van der Waals surface area contributed by atoms with Gasteiger partial charge in [-0.1, -0.05) is 35.9 Å². The summed E-state index contributed by atoms with van der Waals surface area (Å²) in [6.45, 7) is 8.95. The first-order valence-corrected chi connectivity index (χ1v) is 5.72. The average Bonchev–Trinajstić information content (AvgIpc) is 2.25. The van der Waals surface area contributed by atoms with Crippen molar-refractivity contribution in [3.63, 3.8) is 0 Å². The maximum Gasteiger partial charge on any atom is 0.119 e. The molecule has 0 amide bonds. The van der Waals surface area contributed by atoms with Gasteiger partial charge in [0.15, 0.2) is 0 Å². The van der Waals surface area contributed by atoms with E-state index in [1.165, 1.54) is 5.56 Å². The summed E-state index contributed by atoms with van der Waals surface area (Å²) >= 11 is 5.66. The van der Waals surface area contributed by atoms with Gasteiger partial charge in [-0.15, -0.1) is 0 Å². The summed E-state index contributed by atoms with van der Waals surface area (Å²) in [6, 6.07) is 8.27. The Morgan fingerprint density at radius 1 is 1.44 bits per heavy atom. The second-order valence-electron chi connectivity index (χ2n) is 3.92. The molecule has 1 aromatic rings. The predicted octanol–water partition coefficient (Wildman–Crippen LogP) is 3.10. The van der Waals surface area contributed by atoms with E-state index in [1.54, 1.807) is 0 Å². The van der Waals surface area contributed by atoms with E-state index in [9.17, 15) is 0 Å². The van der Waals surface area contributed by atoms with Gasteiger partial charge >= 0.3 is 0 Å². The van der Waals surface area contributed by atoms with Crippen LogP contribution in [0.2, 0.25) is 0 Å². The highest BCUT2D eigenvalue weighted by Crippen LogP contribution is 2.11. The highest BCUT2D eigenvalue weighted by atomic mass is 35.5. The third-order valence-electron chi connectivity index (χ3n) is 2.16. The molecular formula is C13H18ClNO. The van der Waals surface area contributed by atoms with Crippen LogP contribution >= 0.6 is 11.6 Å². The van der Waals surface area contributed by atoms with E-state index in [0.29, 0.717) is 18.2 Å².